The Balaban J connectivity index is 2.15. The molecule has 1 fully saturated rings. The van der Waals surface area contributed by atoms with Gasteiger partial charge in [-0.1, -0.05) is 0 Å². The molecule has 0 N–H and O–H groups in total. The van der Waals surface area contributed by atoms with Crippen LogP contribution >= 0.6 is 0 Å². The number of nitrogens with zero attached hydrogens (tertiary/aromatic N) is 1. The van der Waals surface area contributed by atoms with E-state index in [-0.39, 0.29) is 5.97 Å². The highest BCUT2D eigenvalue weighted by Gasteiger charge is 2.37. The quantitative estimate of drug-likeness (QED) is 0.575. The summed E-state index contributed by atoms with van der Waals surface area (Å²) in [7, 11) is 0. The minimum Gasteiger partial charge on any atom is -0.450 e. The van der Waals surface area contributed by atoms with Crippen LogP contribution in [0.3, 0.4) is 0 Å². The summed E-state index contributed by atoms with van der Waals surface area (Å²) in [6.45, 7) is 6.96. The Hall–Kier alpha value is -1.03. The molecule has 2 aliphatic rings. The van der Waals surface area contributed by atoms with Gasteiger partial charge in [0.2, 0.25) is 0 Å². The summed E-state index contributed by atoms with van der Waals surface area (Å²) < 4.78 is 10.5. The lowest BCUT2D eigenvalue weighted by Crippen LogP contribution is -2.41. The molecule has 0 atom stereocenters. The average Bonchev–Trinajstić information content (AvgIpc) is 2.41. The zero-order valence-corrected chi connectivity index (χ0v) is 8.58. The molecule has 0 radical (unpaired) electrons. The first-order chi connectivity index (χ1) is 6.59. The molecule has 2 heterocycles. The number of morpholine rings is 1. The summed E-state index contributed by atoms with van der Waals surface area (Å²) in [4.78, 5) is 13.3. The van der Waals surface area contributed by atoms with Crippen molar-refractivity contribution in [2.75, 3.05) is 26.3 Å². The van der Waals surface area contributed by atoms with E-state index in [1.165, 1.54) is 0 Å². The van der Waals surface area contributed by atoms with Crippen molar-refractivity contribution in [1.29, 1.82) is 0 Å². The molecule has 0 aromatic rings. The Morgan fingerprint density at radius 1 is 1.36 bits per heavy atom. The third kappa shape index (κ3) is 1.62. The highest BCUT2D eigenvalue weighted by atomic mass is 16.6. The van der Waals surface area contributed by atoms with Crippen LogP contribution in [0.4, 0.5) is 0 Å². The van der Waals surface area contributed by atoms with E-state index in [0.29, 0.717) is 0 Å². The molecule has 0 saturated carbocycles. The molecule has 78 valence electrons. The van der Waals surface area contributed by atoms with Crippen molar-refractivity contribution in [3.8, 4) is 0 Å². The zero-order chi connectivity index (χ0) is 10.2. The fourth-order valence-electron chi connectivity index (χ4n) is 1.89. The van der Waals surface area contributed by atoms with Gasteiger partial charge in [0.1, 0.15) is 5.60 Å². The van der Waals surface area contributed by atoms with Gasteiger partial charge in [-0.25, -0.2) is 4.79 Å². The second-order valence-electron chi connectivity index (χ2n) is 4.06. The minimum atomic E-state index is -0.478. The standard InChI is InChI=1S/C10H15NO3/c1-10(2)8(7-9(12)14-10)11-3-5-13-6-4-11/h7H,3-6H2,1-2H3. The maximum atomic E-state index is 11.2. The SMILES string of the molecule is CC1(C)OC(=O)C=C1N1CCOCC1. The summed E-state index contributed by atoms with van der Waals surface area (Å²) in [5.74, 6) is -0.239. The molecular weight excluding hydrogens is 182 g/mol. The van der Waals surface area contributed by atoms with Crippen LogP contribution in [0.15, 0.2) is 11.8 Å². The molecule has 0 aliphatic carbocycles. The summed E-state index contributed by atoms with van der Waals surface area (Å²) in [6, 6.07) is 0. The van der Waals surface area contributed by atoms with E-state index in [9.17, 15) is 4.79 Å². The molecule has 0 spiro atoms. The number of cyclic esters (lactones) is 1. The molecule has 14 heavy (non-hydrogen) atoms. The first-order valence-electron chi connectivity index (χ1n) is 4.87. The molecule has 4 heteroatoms. The number of carbonyl (C=O) groups excluding carboxylic acids is 1. The third-order valence-corrected chi connectivity index (χ3v) is 2.58. The number of carbonyl (C=O) groups is 1. The van der Waals surface area contributed by atoms with Gasteiger partial charge in [0.25, 0.3) is 0 Å². The lowest BCUT2D eigenvalue weighted by molar-refractivity contribution is -0.144. The first kappa shape index (κ1) is 9.52. The van der Waals surface area contributed by atoms with Crippen molar-refractivity contribution < 1.29 is 14.3 Å². The maximum absolute atomic E-state index is 11.2. The highest BCUT2D eigenvalue weighted by Crippen LogP contribution is 2.30. The normalized spacial score (nSPS) is 26.0. The summed E-state index contributed by atoms with van der Waals surface area (Å²) >= 11 is 0. The van der Waals surface area contributed by atoms with Gasteiger partial charge in [-0.15, -0.1) is 0 Å². The molecule has 2 aliphatic heterocycles. The van der Waals surface area contributed by atoms with Gasteiger partial charge in [0.05, 0.1) is 18.9 Å². The highest BCUT2D eigenvalue weighted by molar-refractivity contribution is 5.86. The summed E-state index contributed by atoms with van der Waals surface area (Å²) in [5.41, 5.74) is 0.500. The molecule has 0 bridgehead atoms. The molecular formula is C10H15NO3. The summed E-state index contributed by atoms with van der Waals surface area (Å²) in [5, 5.41) is 0. The largest absolute Gasteiger partial charge is 0.450 e. The van der Waals surface area contributed by atoms with Gasteiger partial charge >= 0.3 is 5.97 Å². The minimum absolute atomic E-state index is 0.239. The number of hydrogen-bond donors (Lipinski definition) is 0. The van der Waals surface area contributed by atoms with Gasteiger partial charge in [0, 0.05) is 19.2 Å². The number of hydrogen-bond acceptors (Lipinski definition) is 4. The molecule has 1 saturated heterocycles. The molecule has 2 rings (SSSR count). The van der Waals surface area contributed by atoms with Gasteiger partial charge in [-0.2, -0.15) is 0 Å². The second kappa shape index (κ2) is 3.28. The lowest BCUT2D eigenvalue weighted by atomic mass is 10.0. The average molecular weight is 197 g/mol. The second-order valence-corrected chi connectivity index (χ2v) is 4.06. The fraction of sp³-hybridized carbons (Fsp3) is 0.700. The van der Waals surface area contributed by atoms with E-state index in [0.717, 1.165) is 32.0 Å². The van der Waals surface area contributed by atoms with Crippen LogP contribution in [-0.2, 0) is 14.3 Å². The molecule has 0 aromatic heterocycles. The molecule has 0 unspecified atom stereocenters. The lowest BCUT2D eigenvalue weighted by Gasteiger charge is -2.35. The Bertz CT molecular complexity index is 277. The van der Waals surface area contributed by atoms with Crippen molar-refractivity contribution in [3.05, 3.63) is 11.8 Å². The van der Waals surface area contributed by atoms with Gasteiger partial charge in [0.15, 0.2) is 0 Å². The van der Waals surface area contributed by atoms with E-state index in [1.54, 1.807) is 6.08 Å². The van der Waals surface area contributed by atoms with E-state index in [1.807, 2.05) is 13.8 Å². The van der Waals surface area contributed by atoms with E-state index in [2.05, 4.69) is 4.90 Å². The Kier molecular flexibility index (Phi) is 2.23. The zero-order valence-electron chi connectivity index (χ0n) is 8.58. The predicted octanol–water partition coefficient (Wildman–Crippen LogP) is 0.538. The smallest absolute Gasteiger partial charge is 0.333 e. The van der Waals surface area contributed by atoms with Crippen molar-refractivity contribution in [1.82, 2.24) is 4.90 Å². The van der Waals surface area contributed by atoms with E-state index >= 15 is 0 Å². The van der Waals surface area contributed by atoms with Crippen LogP contribution in [0.1, 0.15) is 13.8 Å². The number of rotatable bonds is 1. The van der Waals surface area contributed by atoms with Gasteiger partial charge in [-0.05, 0) is 13.8 Å². The van der Waals surface area contributed by atoms with Crippen LogP contribution in [-0.4, -0.2) is 42.8 Å². The Labute approximate surface area is 83.5 Å². The third-order valence-electron chi connectivity index (χ3n) is 2.58. The first-order valence-corrected chi connectivity index (χ1v) is 4.87. The monoisotopic (exact) mass is 197 g/mol. The Morgan fingerprint density at radius 3 is 2.50 bits per heavy atom. The van der Waals surface area contributed by atoms with Crippen molar-refractivity contribution >= 4 is 5.97 Å². The van der Waals surface area contributed by atoms with Crippen LogP contribution < -0.4 is 0 Å². The van der Waals surface area contributed by atoms with Crippen LogP contribution in [0.5, 0.6) is 0 Å². The van der Waals surface area contributed by atoms with Gasteiger partial charge < -0.3 is 14.4 Å². The fourth-order valence-corrected chi connectivity index (χ4v) is 1.89. The van der Waals surface area contributed by atoms with Crippen molar-refractivity contribution in [3.63, 3.8) is 0 Å². The summed E-state index contributed by atoms with van der Waals surface area (Å²) in [6.07, 6.45) is 1.59. The molecule has 0 aromatic carbocycles. The number of esters is 1. The van der Waals surface area contributed by atoms with Gasteiger partial charge in [-0.3, -0.25) is 0 Å². The van der Waals surface area contributed by atoms with E-state index in [4.69, 9.17) is 9.47 Å². The Morgan fingerprint density at radius 2 is 2.00 bits per heavy atom. The molecule has 4 nitrogen and oxygen atoms in total. The number of ether oxygens (including phenoxy) is 2. The maximum Gasteiger partial charge on any atom is 0.333 e. The van der Waals surface area contributed by atoms with Crippen LogP contribution in [0.2, 0.25) is 0 Å². The topological polar surface area (TPSA) is 38.8 Å². The van der Waals surface area contributed by atoms with Crippen LogP contribution in [0, 0.1) is 0 Å². The predicted molar refractivity (Wildman–Crippen MR) is 50.6 cm³/mol. The van der Waals surface area contributed by atoms with Crippen molar-refractivity contribution in [2.45, 2.75) is 19.4 Å². The van der Waals surface area contributed by atoms with Crippen molar-refractivity contribution in [2.24, 2.45) is 0 Å². The van der Waals surface area contributed by atoms with E-state index < -0.39 is 5.60 Å². The van der Waals surface area contributed by atoms with Crippen LogP contribution in [0.25, 0.3) is 0 Å². The molecule has 0 amide bonds.